The minimum absolute atomic E-state index is 0.00919. The molecule has 0 spiro atoms. The Morgan fingerprint density at radius 3 is 2.40 bits per heavy atom. The summed E-state index contributed by atoms with van der Waals surface area (Å²) < 4.78 is 21.9. The van der Waals surface area contributed by atoms with Crippen LogP contribution in [-0.4, -0.2) is 76.7 Å². The van der Waals surface area contributed by atoms with Crippen molar-refractivity contribution < 1.29 is 23.7 Å². The minimum Gasteiger partial charge on any atom is -0.379 e. The van der Waals surface area contributed by atoms with Crippen LogP contribution in [0, 0.1) is 16.6 Å². The molecule has 1 amide bonds. The van der Waals surface area contributed by atoms with Gasteiger partial charge >= 0.3 is 0 Å². The summed E-state index contributed by atoms with van der Waals surface area (Å²) in [6.45, 7) is 12.5. The molecule has 0 aliphatic rings. The topological polar surface area (TPSA) is 102 Å². The Bertz CT molecular complexity index is 484. The van der Waals surface area contributed by atoms with E-state index in [9.17, 15) is 4.79 Å². The van der Waals surface area contributed by atoms with Crippen molar-refractivity contribution in [1.29, 1.82) is 5.26 Å². The number of ether oxygens (including phenoxy) is 4. The summed E-state index contributed by atoms with van der Waals surface area (Å²) in [7, 11) is 0. The summed E-state index contributed by atoms with van der Waals surface area (Å²) >= 11 is 1.06. The second-order valence-electron chi connectivity index (χ2n) is 7.16. The summed E-state index contributed by atoms with van der Waals surface area (Å²) in [6.07, 6.45) is 4.55. The maximum atomic E-state index is 11.6. The van der Waals surface area contributed by atoms with Crippen LogP contribution in [0.2, 0.25) is 0 Å². The van der Waals surface area contributed by atoms with Crippen LogP contribution >= 0.6 is 11.8 Å². The number of carbonyl (C=O) groups is 1. The number of nitrogens with zero attached hydrogens (tertiary/aromatic N) is 1. The first-order valence-electron chi connectivity index (χ1n) is 10.5. The van der Waals surface area contributed by atoms with E-state index < -0.39 is 0 Å². The molecule has 0 aromatic heterocycles. The van der Waals surface area contributed by atoms with Gasteiger partial charge in [-0.25, -0.2) is 0 Å². The van der Waals surface area contributed by atoms with E-state index in [-0.39, 0.29) is 24.6 Å². The predicted octanol–water partition coefficient (Wildman–Crippen LogP) is 2.31. The van der Waals surface area contributed by atoms with Gasteiger partial charge in [0.05, 0.1) is 39.6 Å². The highest BCUT2D eigenvalue weighted by atomic mass is 32.2. The number of nitriles is 1. The Morgan fingerprint density at radius 2 is 1.73 bits per heavy atom. The van der Waals surface area contributed by atoms with E-state index in [0.29, 0.717) is 58.0 Å². The van der Waals surface area contributed by atoms with E-state index >= 15 is 0 Å². The molecule has 0 aromatic rings. The Morgan fingerprint density at radius 1 is 1.03 bits per heavy atom. The van der Waals surface area contributed by atoms with Gasteiger partial charge in [-0.3, -0.25) is 4.79 Å². The van der Waals surface area contributed by atoms with Crippen LogP contribution in [0.5, 0.6) is 0 Å². The number of rotatable bonds is 20. The van der Waals surface area contributed by atoms with Crippen LogP contribution in [0.4, 0.5) is 0 Å². The lowest BCUT2D eigenvalue weighted by molar-refractivity contribution is -0.126. The molecule has 8 nitrogen and oxygen atoms in total. The van der Waals surface area contributed by atoms with Crippen molar-refractivity contribution in [2.75, 3.05) is 59.3 Å². The second-order valence-corrected chi connectivity index (χ2v) is 8.10. The smallest absolute Gasteiger partial charge is 0.246 e. The zero-order chi connectivity index (χ0) is 22.5. The van der Waals surface area contributed by atoms with Gasteiger partial charge in [0.25, 0.3) is 0 Å². The van der Waals surface area contributed by atoms with Gasteiger partial charge in [-0.2, -0.15) is 5.26 Å². The zero-order valence-electron chi connectivity index (χ0n) is 18.9. The molecule has 174 valence electrons. The van der Waals surface area contributed by atoms with Crippen molar-refractivity contribution in [3.8, 4) is 5.40 Å². The Balaban J connectivity index is 3.64. The summed E-state index contributed by atoms with van der Waals surface area (Å²) in [5.41, 5.74) is -0.287. The number of carbonyl (C=O) groups excluding carboxylic acids is 1. The molecular weight excluding hydrogens is 406 g/mol. The third-order valence-electron chi connectivity index (χ3n) is 3.56. The fourth-order valence-corrected chi connectivity index (χ4v) is 2.62. The number of allylic oxidation sites excluding steroid dienone is 1. The number of hydrogen-bond donors (Lipinski definition) is 2. The quantitative estimate of drug-likeness (QED) is 0.127. The van der Waals surface area contributed by atoms with Crippen LogP contribution in [0.25, 0.3) is 0 Å². The summed E-state index contributed by atoms with van der Waals surface area (Å²) in [4.78, 5) is 11.6. The molecular formula is C21H39N3O5S. The highest BCUT2D eigenvalue weighted by Gasteiger charge is 2.10. The molecule has 9 heteroatoms. The summed E-state index contributed by atoms with van der Waals surface area (Å²) in [6, 6.07) is 0.457. The lowest BCUT2D eigenvalue weighted by Crippen LogP contribution is -2.28. The van der Waals surface area contributed by atoms with Crippen molar-refractivity contribution in [3.05, 3.63) is 12.2 Å². The molecule has 1 unspecified atom stereocenters. The monoisotopic (exact) mass is 445 g/mol. The second kappa shape index (κ2) is 21.1. The van der Waals surface area contributed by atoms with Crippen LogP contribution in [0.3, 0.4) is 0 Å². The van der Waals surface area contributed by atoms with Crippen molar-refractivity contribution >= 4 is 17.7 Å². The van der Waals surface area contributed by atoms with E-state index in [1.165, 1.54) is 0 Å². The van der Waals surface area contributed by atoms with Gasteiger partial charge < -0.3 is 29.6 Å². The first kappa shape index (κ1) is 28.9. The largest absolute Gasteiger partial charge is 0.379 e. The van der Waals surface area contributed by atoms with Gasteiger partial charge in [-0.1, -0.05) is 39.8 Å². The summed E-state index contributed by atoms with van der Waals surface area (Å²) in [5, 5.41) is 17.0. The van der Waals surface area contributed by atoms with Gasteiger partial charge in [0.1, 0.15) is 17.4 Å². The van der Waals surface area contributed by atoms with Crippen molar-refractivity contribution in [2.24, 2.45) is 5.92 Å². The van der Waals surface area contributed by atoms with E-state index in [4.69, 9.17) is 24.2 Å². The average Bonchev–Trinajstić information content (AvgIpc) is 2.69. The molecule has 0 aliphatic heterocycles. The third-order valence-corrected chi connectivity index (χ3v) is 4.30. The van der Waals surface area contributed by atoms with E-state index in [0.717, 1.165) is 18.3 Å². The van der Waals surface area contributed by atoms with Gasteiger partial charge in [0, 0.05) is 25.6 Å². The Labute approximate surface area is 186 Å². The molecule has 0 bridgehead atoms. The van der Waals surface area contributed by atoms with E-state index in [1.54, 1.807) is 0 Å². The van der Waals surface area contributed by atoms with Crippen LogP contribution in [0.15, 0.2) is 12.2 Å². The molecule has 2 N–H and O–H groups in total. The number of thiocyanates is 1. The lowest BCUT2D eigenvalue weighted by atomic mass is 10.2. The van der Waals surface area contributed by atoms with Gasteiger partial charge in [0.2, 0.25) is 5.91 Å². The van der Waals surface area contributed by atoms with Crippen LogP contribution in [-0.2, 0) is 23.7 Å². The number of nitrogens with one attached hydrogen (secondary N) is 2. The molecule has 0 saturated heterocycles. The number of thioether (sulfide) groups is 1. The molecule has 1 atom stereocenters. The van der Waals surface area contributed by atoms with Crippen molar-refractivity contribution in [1.82, 2.24) is 10.6 Å². The Hall–Kier alpha value is -1.15. The minimum atomic E-state index is -0.287. The van der Waals surface area contributed by atoms with E-state index in [1.807, 2.05) is 17.6 Å². The van der Waals surface area contributed by atoms with E-state index in [2.05, 4.69) is 38.3 Å². The molecule has 0 rings (SSSR count). The molecule has 0 radical (unpaired) electrons. The van der Waals surface area contributed by atoms with Gasteiger partial charge in [0.15, 0.2) is 0 Å². The van der Waals surface area contributed by atoms with Crippen LogP contribution in [0.1, 0.15) is 34.1 Å². The lowest BCUT2D eigenvalue weighted by Gasteiger charge is -2.14. The maximum Gasteiger partial charge on any atom is 0.246 e. The molecule has 30 heavy (non-hydrogen) atoms. The first-order chi connectivity index (χ1) is 14.5. The molecule has 0 aromatic carbocycles. The molecule has 0 aliphatic carbocycles. The first-order valence-corrected chi connectivity index (χ1v) is 11.4. The number of amides is 1. The highest BCUT2D eigenvalue weighted by molar-refractivity contribution is 8.04. The summed E-state index contributed by atoms with van der Waals surface area (Å²) in [5.74, 6) is 0.298. The Kier molecular flexibility index (Phi) is 20.3. The van der Waals surface area contributed by atoms with Crippen molar-refractivity contribution in [2.45, 2.75) is 45.6 Å². The van der Waals surface area contributed by atoms with Crippen LogP contribution < -0.4 is 10.6 Å². The average molecular weight is 446 g/mol. The standard InChI is InChI=1S/C21H39N3O5S/c1-18(2)6-5-8-24-20(25)16-28-14-15-29-21(30-17-22)7-10-26-12-13-27-11-9-23-19(3)4/h5-6,18-19,21,23H,7-16H2,1-4H3,(H,24,25)/b6-5+. The van der Waals surface area contributed by atoms with Gasteiger partial charge in [-0.15, -0.1) is 0 Å². The highest BCUT2D eigenvalue weighted by Crippen LogP contribution is 2.14. The zero-order valence-corrected chi connectivity index (χ0v) is 19.7. The molecule has 0 fully saturated rings. The maximum absolute atomic E-state index is 11.6. The van der Waals surface area contributed by atoms with Gasteiger partial charge in [-0.05, 0) is 17.7 Å². The predicted molar refractivity (Wildman–Crippen MR) is 120 cm³/mol. The fraction of sp³-hybridized carbons (Fsp3) is 0.810. The SMILES string of the molecule is CC(C)/C=C/CNC(=O)COCCOC(CCOCCOCCNC(C)C)SC#N. The molecule has 0 saturated carbocycles. The normalized spacial score (nSPS) is 12.6. The van der Waals surface area contributed by atoms with Crippen molar-refractivity contribution in [3.63, 3.8) is 0 Å². The third kappa shape index (κ3) is 21.6. The fourth-order valence-electron chi connectivity index (χ4n) is 2.12. The molecule has 0 heterocycles. The number of hydrogen-bond acceptors (Lipinski definition) is 8.